The first-order valence-corrected chi connectivity index (χ1v) is 4.53. The molecule has 0 fully saturated rings. The van der Waals surface area contributed by atoms with Gasteiger partial charge in [-0.2, -0.15) is 0 Å². The second kappa shape index (κ2) is 4.70. The highest BCUT2D eigenvalue weighted by Gasteiger charge is 2.07. The molecule has 1 aromatic carbocycles. The average molecular weight is 192 g/mol. The number of hydrogen-bond acceptors (Lipinski definition) is 1. The summed E-state index contributed by atoms with van der Waals surface area (Å²) >= 11 is 0. The van der Waals surface area contributed by atoms with Gasteiger partial charge in [0.05, 0.1) is 0 Å². The van der Waals surface area contributed by atoms with Crippen LogP contribution >= 0.6 is 0 Å². The van der Waals surface area contributed by atoms with Crippen molar-refractivity contribution in [2.24, 2.45) is 0 Å². The first-order valence-electron chi connectivity index (χ1n) is 4.53. The number of alkyl halides is 1. The number of benzene rings is 1. The van der Waals surface area contributed by atoms with Crippen molar-refractivity contribution in [1.29, 1.82) is 0 Å². The van der Waals surface area contributed by atoms with E-state index in [4.69, 9.17) is 0 Å². The minimum Gasteiger partial charge on any atom is -0.292 e. The Hall–Kier alpha value is -1.44. The van der Waals surface area contributed by atoms with Gasteiger partial charge in [0.1, 0.15) is 0 Å². The van der Waals surface area contributed by atoms with Gasteiger partial charge < -0.3 is 0 Å². The molecule has 74 valence electrons. The van der Waals surface area contributed by atoms with Gasteiger partial charge in [-0.25, -0.2) is 4.39 Å². The zero-order valence-electron chi connectivity index (χ0n) is 8.33. The summed E-state index contributed by atoms with van der Waals surface area (Å²) in [5, 5.41) is 0. The van der Waals surface area contributed by atoms with Gasteiger partial charge >= 0.3 is 0 Å². The molecule has 0 aliphatic rings. The maximum atomic E-state index is 12.6. The Morgan fingerprint density at radius 3 is 2.43 bits per heavy atom. The molecule has 0 heterocycles. The fraction of sp³-hybridized carbons (Fsp3) is 0.250. The van der Waals surface area contributed by atoms with Crippen LogP contribution in [0.1, 0.15) is 19.4 Å². The van der Waals surface area contributed by atoms with Gasteiger partial charge in [0, 0.05) is 0 Å². The second-order valence-electron chi connectivity index (χ2n) is 3.21. The number of hydrogen-bond donors (Lipinski definition) is 0. The third-order valence-electron chi connectivity index (χ3n) is 1.98. The minimum atomic E-state index is -1.42. The van der Waals surface area contributed by atoms with Crippen LogP contribution in [0.15, 0.2) is 36.4 Å². The van der Waals surface area contributed by atoms with Crippen LogP contribution in [-0.2, 0) is 4.79 Å². The monoisotopic (exact) mass is 192 g/mol. The molecule has 0 aliphatic carbocycles. The molecule has 0 saturated carbocycles. The molecule has 0 amide bonds. The van der Waals surface area contributed by atoms with E-state index in [-0.39, 0.29) is 0 Å². The number of carbonyl (C=O) groups is 1. The standard InChI is InChI=1S/C12H13FO/c1-9(8-12(14)10(2)13)11-6-4-3-5-7-11/h3-8,10H,1-2H3/b9-8+. The zero-order valence-corrected chi connectivity index (χ0v) is 8.33. The van der Waals surface area contributed by atoms with E-state index >= 15 is 0 Å². The van der Waals surface area contributed by atoms with Crippen LogP contribution in [0.25, 0.3) is 5.57 Å². The van der Waals surface area contributed by atoms with Crippen molar-refractivity contribution in [3.05, 3.63) is 42.0 Å². The van der Waals surface area contributed by atoms with E-state index in [1.807, 2.05) is 30.3 Å². The summed E-state index contributed by atoms with van der Waals surface area (Å²) in [6, 6.07) is 9.45. The number of rotatable bonds is 3. The van der Waals surface area contributed by atoms with Crippen LogP contribution in [0.2, 0.25) is 0 Å². The van der Waals surface area contributed by atoms with E-state index in [1.54, 1.807) is 6.92 Å². The Balaban J connectivity index is 2.85. The molecule has 0 bridgehead atoms. The van der Waals surface area contributed by atoms with Crippen LogP contribution < -0.4 is 0 Å². The van der Waals surface area contributed by atoms with Gasteiger partial charge in [-0.05, 0) is 31.1 Å². The van der Waals surface area contributed by atoms with Crippen molar-refractivity contribution in [3.8, 4) is 0 Å². The van der Waals surface area contributed by atoms with Crippen LogP contribution in [-0.4, -0.2) is 12.0 Å². The Morgan fingerprint density at radius 1 is 1.36 bits per heavy atom. The molecule has 1 unspecified atom stereocenters. The maximum Gasteiger partial charge on any atom is 0.189 e. The summed E-state index contributed by atoms with van der Waals surface area (Å²) in [5.41, 5.74) is 1.74. The van der Waals surface area contributed by atoms with Crippen molar-refractivity contribution in [2.45, 2.75) is 20.0 Å². The molecule has 0 aromatic heterocycles. The first-order chi connectivity index (χ1) is 6.61. The highest BCUT2D eigenvalue weighted by molar-refractivity contribution is 5.99. The van der Waals surface area contributed by atoms with Crippen molar-refractivity contribution in [1.82, 2.24) is 0 Å². The molecule has 1 aromatic rings. The van der Waals surface area contributed by atoms with Gasteiger partial charge in [-0.15, -0.1) is 0 Å². The quantitative estimate of drug-likeness (QED) is 0.673. The third-order valence-corrected chi connectivity index (χ3v) is 1.98. The van der Waals surface area contributed by atoms with Crippen molar-refractivity contribution < 1.29 is 9.18 Å². The Kier molecular flexibility index (Phi) is 3.57. The van der Waals surface area contributed by atoms with Gasteiger partial charge in [0.25, 0.3) is 0 Å². The summed E-state index contributed by atoms with van der Waals surface area (Å²) in [7, 11) is 0. The molecular formula is C12H13FO. The number of allylic oxidation sites excluding steroid dienone is 2. The molecule has 0 N–H and O–H groups in total. The van der Waals surface area contributed by atoms with E-state index in [9.17, 15) is 9.18 Å². The Morgan fingerprint density at radius 2 is 1.93 bits per heavy atom. The van der Waals surface area contributed by atoms with E-state index < -0.39 is 12.0 Å². The molecular weight excluding hydrogens is 179 g/mol. The molecule has 1 rings (SSSR count). The molecule has 2 heteroatoms. The molecule has 0 saturated heterocycles. The highest BCUT2D eigenvalue weighted by atomic mass is 19.1. The minimum absolute atomic E-state index is 0.480. The fourth-order valence-electron chi connectivity index (χ4n) is 1.11. The molecule has 0 aliphatic heterocycles. The summed E-state index contributed by atoms with van der Waals surface area (Å²) in [6.45, 7) is 3.05. The maximum absolute atomic E-state index is 12.6. The summed E-state index contributed by atoms with van der Waals surface area (Å²) in [6.07, 6.45) is -0.0753. The summed E-state index contributed by atoms with van der Waals surface area (Å²) in [4.78, 5) is 11.1. The smallest absolute Gasteiger partial charge is 0.189 e. The van der Waals surface area contributed by atoms with Gasteiger partial charge in [0.15, 0.2) is 12.0 Å². The predicted molar refractivity (Wildman–Crippen MR) is 55.7 cm³/mol. The zero-order chi connectivity index (χ0) is 10.6. The van der Waals surface area contributed by atoms with Crippen LogP contribution in [0, 0.1) is 0 Å². The van der Waals surface area contributed by atoms with Crippen LogP contribution in [0.4, 0.5) is 4.39 Å². The van der Waals surface area contributed by atoms with E-state index in [1.165, 1.54) is 13.0 Å². The Labute approximate surface area is 83.3 Å². The number of ketones is 1. The van der Waals surface area contributed by atoms with E-state index in [2.05, 4.69) is 0 Å². The molecule has 0 radical (unpaired) electrons. The second-order valence-corrected chi connectivity index (χ2v) is 3.21. The lowest BCUT2D eigenvalue weighted by molar-refractivity contribution is -0.118. The van der Waals surface area contributed by atoms with E-state index in [0.29, 0.717) is 0 Å². The summed E-state index contributed by atoms with van der Waals surface area (Å²) in [5.74, 6) is -0.480. The third kappa shape index (κ3) is 2.80. The lowest BCUT2D eigenvalue weighted by Gasteiger charge is -2.01. The molecule has 1 nitrogen and oxygen atoms in total. The topological polar surface area (TPSA) is 17.1 Å². The predicted octanol–water partition coefficient (Wildman–Crippen LogP) is 3.02. The normalized spacial score (nSPS) is 13.8. The van der Waals surface area contributed by atoms with Crippen molar-refractivity contribution in [3.63, 3.8) is 0 Å². The highest BCUT2D eigenvalue weighted by Crippen LogP contribution is 2.13. The SMILES string of the molecule is C/C(=C\C(=O)C(C)F)c1ccccc1. The summed E-state index contributed by atoms with van der Waals surface area (Å²) < 4.78 is 12.6. The molecule has 0 spiro atoms. The van der Waals surface area contributed by atoms with Crippen molar-refractivity contribution in [2.75, 3.05) is 0 Å². The van der Waals surface area contributed by atoms with Gasteiger partial charge in [0.2, 0.25) is 0 Å². The van der Waals surface area contributed by atoms with Crippen LogP contribution in [0.3, 0.4) is 0 Å². The fourth-order valence-corrected chi connectivity index (χ4v) is 1.11. The van der Waals surface area contributed by atoms with Crippen LogP contribution in [0.5, 0.6) is 0 Å². The van der Waals surface area contributed by atoms with Gasteiger partial charge in [-0.1, -0.05) is 30.3 Å². The number of halogens is 1. The average Bonchev–Trinajstić information content (AvgIpc) is 2.19. The lowest BCUT2D eigenvalue weighted by Crippen LogP contribution is -2.07. The first kappa shape index (κ1) is 10.6. The van der Waals surface area contributed by atoms with Gasteiger partial charge in [-0.3, -0.25) is 4.79 Å². The van der Waals surface area contributed by atoms with Crippen molar-refractivity contribution >= 4 is 11.4 Å². The largest absolute Gasteiger partial charge is 0.292 e. The molecule has 14 heavy (non-hydrogen) atoms. The molecule has 1 atom stereocenters. The Bertz CT molecular complexity index is 339. The van der Waals surface area contributed by atoms with E-state index in [0.717, 1.165) is 11.1 Å². The number of carbonyl (C=O) groups excluding carboxylic acids is 1. The lowest BCUT2D eigenvalue weighted by atomic mass is 10.1.